The van der Waals surface area contributed by atoms with E-state index >= 15 is 0 Å². The quantitative estimate of drug-likeness (QED) is 0.913. The summed E-state index contributed by atoms with van der Waals surface area (Å²) < 4.78 is 40.1. The van der Waals surface area contributed by atoms with Crippen molar-refractivity contribution in [2.75, 3.05) is 7.05 Å². The summed E-state index contributed by atoms with van der Waals surface area (Å²) in [6.45, 7) is 0.127. The Hall–Kier alpha value is -1.82. The number of halogens is 3. The largest absolute Gasteiger partial charge is 0.433 e. The molecule has 2 aromatic rings. The van der Waals surface area contributed by atoms with Crippen LogP contribution in [-0.2, 0) is 12.7 Å². The Morgan fingerprint density at radius 1 is 1.22 bits per heavy atom. The molecule has 1 aromatic carbocycles. The third kappa shape index (κ3) is 2.38. The first-order chi connectivity index (χ1) is 8.54. The zero-order valence-corrected chi connectivity index (χ0v) is 9.70. The predicted molar refractivity (Wildman–Crippen MR) is 61.3 cm³/mol. The average molecular weight is 255 g/mol. The minimum Gasteiger partial charge on any atom is -0.316 e. The van der Waals surface area contributed by atoms with Gasteiger partial charge in [0.05, 0.1) is 11.9 Å². The summed E-state index contributed by atoms with van der Waals surface area (Å²) >= 11 is 0. The lowest BCUT2D eigenvalue weighted by Crippen LogP contribution is -2.17. The number of benzene rings is 1. The topological polar surface area (TPSA) is 29.9 Å². The number of nitrogens with one attached hydrogen (secondary N) is 1. The Morgan fingerprint density at radius 3 is 2.44 bits per heavy atom. The molecule has 1 N–H and O–H groups in total. The molecule has 0 aliphatic carbocycles. The highest BCUT2D eigenvalue weighted by atomic mass is 19.4. The monoisotopic (exact) mass is 255 g/mol. The molecule has 0 atom stereocenters. The molecule has 0 aliphatic rings. The van der Waals surface area contributed by atoms with Crippen molar-refractivity contribution in [3.8, 4) is 5.69 Å². The molecule has 0 saturated heterocycles. The van der Waals surface area contributed by atoms with Gasteiger partial charge in [0, 0.05) is 12.1 Å². The number of rotatable bonds is 3. The smallest absolute Gasteiger partial charge is 0.316 e. The van der Waals surface area contributed by atoms with Crippen molar-refractivity contribution in [1.82, 2.24) is 15.1 Å². The van der Waals surface area contributed by atoms with Crippen molar-refractivity contribution in [3.63, 3.8) is 0 Å². The third-order valence-electron chi connectivity index (χ3n) is 2.48. The Labute approximate surface area is 102 Å². The summed E-state index contributed by atoms with van der Waals surface area (Å²) in [5.41, 5.74) is -0.205. The van der Waals surface area contributed by atoms with E-state index < -0.39 is 11.9 Å². The molecule has 1 aromatic heterocycles. The Morgan fingerprint density at radius 2 is 1.89 bits per heavy atom. The standard InChI is InChI=1S/C12H12F3N3/c1-16-7-9-8-17-18(11(9)12(13,14)15)10-5-3-2-4-6-10/h2-6,8,16H,7H2,1H3. The van der Waals surface area contributed by atoms with Gasteiger partial charge in [-0.15, -0.1) is 0 Å². The Kier molecular flexibility index (Phi) is 3.38. The number of alkyl halides is 3. The van der Waals surface area contributed by atoms with Crippen LogP contribution in [0.15, 0.2) is 36.5 Å². The van der Waals surface area contributed by atoms with Gasteiger partial charge in [0.15, 0.2) is 5.69 Å². The minimum atomic E-state index is -4.43. The van der Waals surface area contributed by atoms with Crippen molar-refractivity contribution in [3.05, 3.63) is 47.8 Å². The fourth-order valence-electron chi connectivity index (χ4n) is 1.77. The number of hydrogen-bond donors (Lipinski definition) is 1. The van der Waals surface area contributed by atoms with Crippen molar-refractivity contribution in [2.45, 2.75) is 12.7 Å². The van der Waals surface area contributed by atoms with Crippen LogP contribution in [0.25, 0.3) is 5.69 Å². The van der Waals surface area contributed by atoms with E-state index in [4.69, 9.17) is 0 Å². The molecule has 2 rings (SSSR count). The van der Waals surface area contributed by atoms with Crippen molar-refractivity contribution in [1.29, 1.82) is 0 Å². The van der Waals surface area contributed by atoms with Crippen molar-refractivity contribution in [2.24, 2.45) is 0 Å². The van der Waals surface area contributed by atoms with Gasteiger partial charge < -0.3 is 5.32 Å². The average Bonchev–Trinajstić information content (AvgIpc) is 2.74. The first-order valence-electron chi connectivity index (χ1n) is 5.38. The van der Waals surface area contributed by atoms with Crippen LogP contribution in [0.5, 0.6) is 0 Å². The highest BCUT2D eigenvalue weighted by Crippen LogP contribution is 2.33. The van der Waals surface area contributed by atoms with Crippen molar-refractivity contribution >= 4 is 0 Å². The van der Waals surface area contributed by atoms with E-state index in [1.807, 2.05) is 0 Å². The first-order valence-corrected chi connectivity index (χ1v) is 5.38. The lowest BCUT2D eigenvalue weighted by molar-refractivity contribution is -0.143. The second kappa shape index (κ2) is 4.81. The van der Waals surface area contributed by atoms with E-state index in [0.29, 0.717) is 5.69 Å². The van der Waals surface area contributed by atoms with Crippen LogP contribution in [-0.4, -0.2) is 16.8 Å². The van der Waals surface area contributed by atoms with E-state index in [0.717, 1.165) is 4.68 Å². The maximum Gasteiger partial charge on any atom is 0.433 e. The fourth-order valence-corrected chi connectivity index (χ4v) is 1.77. The number of aromatic nitrogens is 2. The van der Waals surface area contributed by atoms with Gasteiger partial charge in [0.25, 0.3) is 0 Å². The normalized spacial score (nSPS) is 11.8. The van der Waals surface area contributed by atoms with Gasteiger partial charge in [-0.1, -0.05) is 18.2 Å². The molecule has 0 aliphatic heterocycles. The predicted octanol–water partition coefficient (Wildman–Crippen LogP) is 2.61. The molecule has 0 radical (unpaired) electrons. The Bertz CT molecular complexity index is 517. The summed E-state index contributed by atoms with van der Waals surface area (Å²) in [5, 5.41) is 6.54. The number of para-hydroxylation sites is 1. The molecule has 0 saturated carbocycles. The molecule has 0 bridgehead atoms. The fraction of sp³-hybridized carbons (Fsp3) is 0.250. The molecule has 0 amide bonds. The third-order valence-corrected chi connectivity index (χ3v) is 2.48. The van der Waals surface area contributed by atoms with E-state index in [2.05, 4.69) is 10.4 Å². The molecule has 0 spiro atoms. The van der Waals surface area contributed by atoms with Crippen molar-refractivity contribution < 1.29 is 13.2 Å². The second-order valence-electron chi connectivity index (χ2n) is 3.79. The SMILES string of the molecule is CNCc1cnn(-c2ccccc2)c1C(F)(F)F. The van der Waals surface area contributed by atoms with Gasteiger partial charge in [-0.25, -0.2) is 4.68 Å². The minimum absolute atomic E-state index is 0.127. The molecule has 6 heteroatoms. The maximum atomic E-state index is 13.1. The summed E-state index contributed by atoms with van der Waals surface area (Å²) in [5.74, 6) is 0. The molecule has 3 nitrogen and oxygen atoms in total. The van der Waals surface area contributed by atoms with Crippen LogP contribution in [0.1, 0.15) is 11.3 Å². The molecular formula is C12H12F3N3. The highest BCUT2D eigenvalue weighted by Gasteiger charge is 2.38. The molecule has 0 fully saturated rings. The van der Waals surface area contributed by atoms with Gasteiger partial charge in [0.2, 0.25) is 0 Å². The molecule has 96 valence electrons. The first kappa shape index (κ1) is 12.6. The van der Waals surface area contributed by atoms with E-state index in [-0.39, 0.29) is 12.1 Å². The molecule has 1 heterocycles. The number of nitrogens with zero attached hydrogens (tertiary/aromatic N) is 2. The van der Waals surface area contributed by atoms with Crippen LogP contribution >= 0.6 is 0 Å². The summed E-state index contributed by atoms with van der Waals surface area (Å²) in [4.78, 5) is 0. The lowest BCUT2D eigenvalue weighted by atomic mass is 10.2. The molecular weight excluding hydrogens is 243 g/mol. The van der Waals surface area contributed by atoms with Gasteiger partial charge >= 0.3 is 6.18 Å². The van der Waals surface area contributed by atoms with Crippen LogP contribution < -0.4 is 5.32 Å². The van der Waals surface area contributed by atoms with Gasteiger partial charge in [-0.05, 0) is 19.2 Å². The zero-order chi connectivity index (χ0) is 13.2. The number of hydrogen-bond acceptors (Lipinski definition) is 2. The van der Waals surface area contributed by atoms with Crippen LogP contribution in [0.4, 0.5) is 13.2 Å². The highest BCUT2D eigenvalue weighted by molar-refractivity contribution is 5.36. The van der Waals surface area contributed by atoms with E-state index in [1.165, 1.54) is 6.20 Å². The molecule has 18 heavy (non-hydrogen) atoms. The summed E-state index contributed by atoms with van der Waals surface area (Å²) in [6.07, 6.45) is -3.19. The summed E-state index contributed by atoms with van der Waals surface area (Å²) in [6, 6.07) is 8.27. The lowest BCUT2D eigenvalue weighted by Gasteiger charge is -2.12. The van der Waals surface area contributed by atoms with E-state index in [1.54, 1.807) is 37.4 Å². The zero-order valence-electron chi connectivity index (χ0n) is 9.70. The second-order valence-corrected chi connectivity index (χ2v) is 3.79. The van der Waals surface area contributed by atoms with Gasteiger partial charge in [0.1, 0.15) is 0 Å². The maximum absolute atomic E-state index is 13.1. The van der Waals surface area contributed by atoms with Crippen LogP contribution in [0, 0.1) is 0 Å². The van der Waals surface area contributed by atoms with Crippen LogP contribution in [0.3, 0.4) is 0 Å². The summed E-state index contributed by atoms with van der Waals surface area (Å²) in [7, 11) is 1.60. The van der Waals surface area contributed by atoms with Gasteiger partial charge in [-0.2, -0.15) is 18.3 Å². The Balaban J connectivity index is 2.55. The van der Waals surface area contributed by atoms with E-state index in [9.17, 15) is 13.2 Å². The van der Waals surface area contributed by atoms with Gasteiger partial charge in [-0.3, -0.25) is 0 Å². The molecule has 0 unspecified atom stereocenters. The van der Waals surface area contributed by atoms with Crippen LogP contribution in [0.2, 0.25) is 0 Å².